The predicted molar refractivity (Wildman–Crippen MR) is 66.0 cm³/mol. The summed E-state index contributed by atoms with van der Waals surface area (Å²) in [6.45, 7) is 1.57. The second kappa shape index (κ2) is 6.12. The summed E-state index contributed by atoms with van der Waals surface area (Å²) in [6, 6.07) is 4.94. The van der Waals surface area contributed by atoms with E-state index in [1.165, 1.54) is 31.7 Å². The molecule has 0 amide bonds. The second-order valence-corrected chi connectivity index (χ2v) is 4.87. The fraction of sp³-hybridized carbons (Fsp3) is 0.571. The Morgan fingerprint density at radius 2 is 2.06 bits per heavy atom. The fourth-order valence-electron chi connectivity index (χ4n) is 2.49. The summed E-state index contributed by atoms with van der Waals surface area (Å²) < 4.78 is 13.2. The standard InChI is InChI=1S/C14H20FNO/c15-14-6-5-12(7-13(14)10-17)9-16-8-11-3-1-2-4-11/h5-7,11,16-17H,1-4,8-10H2. The third kappa shape index (κ3) is 3.51. The van der Waals surface area contributed by atoms with Crippen molar-refractivity contribution in [2.45, 2.75) is 38.8 Å². The van der Waals surface area contributed by atoms with Gasteiger partial charge in [0.25, 0.3) is 0 Å². The Bertz CT molecular complexity index is 361. The molecule has 0 spiro atoms. The molecule has 3 heteroatoms. The number of rotatable bonds is 5. The predicted octanol–water partition coefficient (Wildman–Crippen LogP) is 2.60. The Hall–Kier alpha value is -0.930. The van der Waals surface area contributed by atoms with Crippen molar-refractivity contribution in [3.05, 3.63) is 35.1 Å². The molecule has 2 rings (SSSR count). The average Bonchev–Trinajstić information content (AvgIpc) is 2.84. The first-order chi connectivity index (χ1) is 8.29. The summed E-state index contributed by atoms with van der Waals surface area (Å²) in [7, 11) is 0. The van der Waals surface area contributed by atoms with Crippen LogP contribution in [0.1, 0.15) is 36.8 Å². The van der Waals surface area contributed by atoms with Crippen molar-refractivity contribution in [2.75, 3.05) is 6.54 Å². The summed E-state index contributed by atoms with van der Waals surface area (Å²) in [4.78, 5) is 0. The van der Waals surface area contributed by atoms with E-state index in [0.717, 1.165) is 24.6 Å². The van der Waals surface area contributed by atoms with E-state index in [9.17, 15) is 4.39 Å². The van der Waals surface area contributed by atoms with Crippen LogP contribution in [0.3, 0.4) is 0 Å². The van der Waals surface area contributed by atoms with Crippen LogP contribution in [0.5, 0.6) is 0 Å². The minimum atomic E-state index is -0.327. The van der Waals surface area contributed by atoms with Gasteiger partial charge < -0.3 is 10.4 Å². The number of aliphatic hydroxyl groups is 1. The van der Waals surface area contributed by atoms with Crippen LogP contribution in [0.2, 0.25) is 0 Å². The maximum Gasteiger partial charge on any atom is 0.128 e. The van der Waals surface area contributed by atoms with E-state index in [2.05, 4.69) is 5.32 Å². The molecule has 2 N–H and O–H groups in total. The summed E-state index contributed by atoms with van der Waals surface area (Å²) in [5.41, 5.74) is 1.42. The molecule has 17 heavy (non-hydrogen) atoms. The van der Waals surface area contributed by atoms with Gasteiger partial charge in [-0.2, -0.15) is 0 Å². The van der Waals surface area contributed by atoms with Gasteiger partial charge in [0.1, 0.15) is 5.82 Å². The number of nitrogens with one attached hydrogen (secondary N) is 1. The molecule has 1 aromatic carbocycles. The van der Waals surface area contributed by atoms with Crippen LogP contribution in [0.15, 0.2) is 18.2 Å². The molecule has 0 aromatic heterocycles. The van der Waals surface area contributed by atoms with Gasteiger partial charge in [-0.15, -0.1) is 0 Å². The van der Waals surface area contributed by atoms with Crippen molar-refractivity contribution in [1.29, 1.82) is 0 Å². The lowest BCUT2D eigenvalue weighted by Crippen LogP contribution is -2.20. The lowest BCUT2D eigenvalue weighted by Gasteiger charge is -2.11. The highest BCUT2D eigenvalue weighted by molar-refractivity contribution is 5.24. The van der Waals surface area contributed by atoms with E-state index in [-0.39, 0.29) is 12.4 Å². The van der Waals surface area contributed by atoms with E-state index < -0.39 is 0 Å². The SMILES string of the molecule is OCc1cc(CNCC2CCCC2)ccc1F. The largest absolute Gasteiger partial charge is 0.392 e. The van der Waals surface area contributed by atoms with Gasteiger partial charge in [-0.25, -0.2) is 4.39 Å². The lowest BCUT2D eigenvalue weighted by molar-refractivity contribution is 0.275. The Balaban J connectivity index is 1.81. The smallest absolute Gasteiger partial charge is 0.128 e. The van der Waals surface area contributed by atoms with Crippen LogP contribution in [0.25, 0.3) is 0 Å². The van der Waals surface area contributed by atoms with Crippen LogP contribution >= 0.6 is 0 Å². The zero-order chi connectivity index (χ0) is 12.1. The third-order valence-corrected chi connectivity index (χ3v) is 3.52. The summed E-state index contributed by atoms with van der Waals surface area (Å²) in [6.07, 6.45) is 5.38. The summed E-state index contributed by atoms with van der Waals surface area (Å²) in [5, 5.41) is 12.4. The molecule has 1 fully saturated rings. The van der Waals surface area contributed by atoms with Crippen LogP contribution in [-0.2, 0) is 13.2 Å². The first-order valence-electron chi connectivity index (χ1n) is 6.38. The highest BCUT2D eigenvalue weighted by Crippen LogP contribution is 2.23. The Kier molecular flexibility index (Phi) is 4.51. The lowest BCUT2D eigenvalue weighted by atomic mass is 10.1. The van der Waals surface area contributed by atoms with Crippen LogP contribution in [0.4, 0.5) is 4.39 Å². The quantitative estimate of drug-likeness (QED) is 0.825. The molecule has 0 bridgehead atoms. The van der Waals surface area contributed by atoms with Gasteiger partial charge in [0.05, 0.1) is 6.61 Å². The molecule has 0 aliphatic heterocycles. The molecule has 1 aromatic rings. The summed E-state index contributed by atoms with van der Waals surface area (Å²) in [5.74, 6) is 0.486. The topological polar surface area (TPSA) is 32.3 Å². The van der Waals surface area contributed by atoms with Crippen molar-refractivity contribution in [3.8, 4) is 0 Å². The molecular formula is C14H20FNO. The van der Waals surface area contributed by atoms with Gasteiger partial charge in [-0.1, -0.05) is 18.9 Å². The number of hydrogen-bond donors (Lipinski definition) is 2. The first-order valence-corrected chi connectivity index (χ1v) is 6.38. The average molecular weight is 237 g/mol. The summed E-state index contributed by atoms with van der Waals surface area (Å²) >= 11 is 0. The van der Waals surface area contributed by atoms with E-state index in [0.29, 0.717) is 5.56 Å². The van der Waals surface area contributed by atoms with E-state index in [1.807, 2.05) is 0 Å². The monoisotopic (exact) mass is 237 g/mol. The second-order valence-electron chi connectivity index (χ2n) is 4.87. The minimum absolute atomic E-state index is 0.234. The molecule has 0 unspecified atom stereocenters. The molecule has 0 atom stereocenters. The van der Waals surface area contributed by atoms with E-state index in [1.54, 1.807) is 12.1 Å². The highest BCUT2D eigenvalue weighted by atomic mass is 19.1. The number of benzene rings is 1. The molecule has 1 saturated carbocycles. The van der Waals surface area contributed by atoms with Crippen LogP contribution < -0.4 is 5.32 Å². The van der Waals surface area contributed by atoms with E-state index in [4.69, 9.17) is 5.11 Å². The van der Waals surface area contributed by atoms with Crippen LogP contribution in [-0.4, -0.2) is 11.7 Å². The van der Waals surface area contributed by atoms with Crippen molar-refractivity contribution in [2.24, 2.45) is 5.92 Å². The fourth-order valence-corrected chi connectivity index (χ4v) is 2.49. The van der Waals surface area contributed by atoms with Gasteiger partial charge >= 0.3 is 0 Å². The zero-order valence-corrected chi connectivity index (χ0v) is 10.1. The van der Waals surface area contributed by atoms with Gasteiger partial charge in [0.2, 0.25) is 0 Å². The number of aliphatic hydroxyl groups excluding tert-OH is 1. The van der Waals surface area contributed by atoms with Crippen molar-refractivity contribution >= 4 is 0 Å². The minimum Gasteiger partial charge on any atom is -0.392 e. The Morgan fingerprint density at radius 3 is 2.76 bits per heavy atom. The highest BCUT2D eigenvalue weighted by Gasteiger charge is 2.14. The number of hydrogen-bond acceptors (Lipinski definition) is 2. The first kappa shape index (κ1) is 12.5. The third-order valence-electron chi connectivity index (χ3n) is 3.52. The van der Waals surface area contributed by atoms with Gasteiger partial charge in [-0.05, 0) is 43.0 Å². The van der Waals surface area contributed by atoms with E-state index >= 15 is 0 Å². The normalized spacial score (nSPS) is 16.6. The van der Waals surface area contributed by atoms with Crippen molar-refractivity contribution < 1.29 is 9.50 Å². The van der Waals surface area contributed by atoms with Crippen LogP contribution in [0, 0.1) is 11.7 Å². The molecule has 0 radical (unpaired) electrons. The molecule has 94 valence electrons. The zero-order valence-electron chi connectivity index (χ0n) is 10.1. The molecule has 0 heterocycles. The molecule has 2 nitrogen and oxygen atoms in total. The van der Waals surface area contributed by atoms with Gasteiger partial charge in [0, 0.05) is 12.1 Å². The molecule has 1 aliphatic rings. The maximum atomic E-state index is 13.2. The number of halogens is 1. The van der Waals surface area contributed by atoms with Crippen molar-refractivity contribution in [3.63, 3.8) is 0 Å². The molecule has 1 aliphatic carbocycles. The van der Waals surface area contributed by atoms with Gasteiger partial charge in [0.15, 0.2) is 0 Å². The Labute approximate surface area is 102 Å². The molecular weight excluding hydrogens is 217 g/mol. The van der Waals surface area contributed by atoms with Gasteiger partial charge in [-0.3, -0.25) is 0 Å². The maximum absolute atomic E-state index is 13.2. The van der Waals surface area contributed by atoms with Crippen molar-refractivity contribution in [1.82, 2.24) is 5.32 Å². The Morgan fingerprint density at radius 1 is 1.29 bits per heavy atom. The molecule has 0 saturated heterocycles.